The van der Waals surface area contributed by atoms with Gasteiger partial charge in [0.15, 0.2) is 5.65 Å². The van der Waals surface area contributed by atoms with Crippen molar-refractivity contribution in [1.82, 2.24) is 19.3 Å². The average molecular weight is 443 g/mol. The number of nitrogens with zero attached hydrogens (tertiary/aromatic N) is 3. The normalized spacial score (nSPS) is 11.2. The van der Waals surface area contributed by atoms with E-state index in [1.54, 1.807) is 41.1 Å². The van der Waals surface area contributed by atoms with Crippen LogP contribution in [0.15, 0.2) is 90.0 Å². The fraction of sp³-hybridized carbons (Fsp3) is 0.0800. The Labute approximate surface area is 188 Å². The molecule has 0 atom stereocenters. The molecular weight excluding hydrogens is 424 g/mol. The first-order chi connectivity index (χ1) is 15.6. The lowest BCUT2D eigenvalue weighted by Gasteiger charge is -2.12. The Morgan fingerprint density at radius 3 is 2.41 bits per heavy atom. The van der Waals surface area contributed by atoms with Gasteiger partial charge in [-0.15, -0.1) is 0 Å². The Bertz CT molecular complexity index is 1490. The van der Waals surface area contributed by atoms with E-state index in [0.717, 1.165) is 16.6 Å². The highest BCUT2D eigenvalue weighted by Crippen LogP contribution is 2.15. The summed E-state index contributed by atoms with van der Waals surface area (Å²) in [5, 5.41) is 3.57. The lowest BCUT2D eigenvalue weighted by atomic mass is 10.1. The lowest BCUT2D eigenvalue weighted by molar-refractivity contribution is 0.0951. The van der Waals surface area contributed by atoms with Crippen molar-refractivity contribution in [2.75, 3.05) is 0 Å². The van der Waals surface area contributed by atoms with Gasteiger partial charge >= 0.3 is 0 Å². The first kappa shape index (κ1) is 20.0. The Morgan fingerprint density at radius 1 is 0.906 bits per heavy atom. The predicted molar refractivity (Wildman–Crippen MR) is 125 cm³/mol. The number of hydrogen-bond acceptors (Lipinski definition) is 3. The fourth-order valence-corrected chi connectivity index (χ4v) is 3.89. The van der Waals surface area contributed by atoms with Crippen LogP contribution in [-0.4, -0.2) is 19.9 Å². The van der Waals surface area contributed by atoms with E-state index in [-0.39, 0.29) is 11.5 Å². The van der Waals surface area contributed by atoms with Crippen LogP contribution in [0.5, 0.6) is 0 Å². The zero-order chi connectivity index (χ0) is 22.1. The first-order valence-corrected chi connectivity index (χ1v) is 10.5. The largest absolute Gasteiger partial charge is 0.348 e. The third-order valence-electron chi connectivity index (χ3n) is 5.42. The number of nitrogens with one attached hydrogen (secondary N) is 1. The molecule has 0 aliphatic heterocycles. The lowest BCUT2D eigenvalue weighted by Crippen LogP contribution is -2.24. The highest BCUT2D eigenvalue weighted by molar-refractivity contribution is 6.30. The summed E-state index contributed by atoms with van der Waals surface area (Å²) in [6, 6.07) is 22.1. The van der Waals surface area contributed by atoms with E-state index in [9.17, 15) is 9.59 Å². The average Bonchev–Trinajstić information content (AvgIpc) is 3.32. The SMILES string of the molecule is O=C(NCc1ccc(Cl)cc1)c1ccc(Cn2c(=O)c3cccn3c3cccnc32)cc1. The molecule has 1 N–H and O–H groups in total. The molecule has 0 saturated carbocycles. The fourth-order valence-electron chi connectivity index (χ4n) is 3.76. The molecule has 158 valence electrons. The Hall–Kier alpha value is -3.90. The molecule has 6 nitrogen and oxygen atoms in total. The number of carbonyl (C=O) groups excluding carboxylic acids is 1. The number of carbonyl (C=O) groups is 1. The van der Waals surface area contributed by atoms with Gasteiger partial charge in [-0.2, -0.15) is 0 Å². The summed E-state index contributed by atoms with van der Waals surface area (Å²) >= 11 is 5.89. The molecule has 32 heavy (non-hydrogen) atoms. The maximum atomic E-state index is 13.1. The molecule has 3 heterocycles. The maximum absolute atomic E-state index is 13.1. The van der Waals surface area contributed by atoms with Crippen LogP contribution >= 0.6 is 11.6 Å². The zero-order valence-electron chi connectivity index (χ0n) is 17.0. The van der Waals surface area contributed by atoms with Gasteiger partial charge in [0.05, 0.1) is 12.1 Å². The summed E-state index contributed by atoms with van der Waals surface area (Å²) in [6.07, 6.45) is 3.55. The molecule has 5 aromatic rings. The summed E-state index contributed by atoms with van der Waals surface area (Å²) in [7, 11) is 0. The van der Waals surface area contributed by atoms with Crippen molar-refractivity contribution >= 4 is 34.2 Å². The molecule has 0 saturated heterocycles. The molecule has 0 bridgehead atoms. The van der Waals surface area contributed by atoms with Crippen molar-refractivity contribution in [2.24, 2.45) is 0 Å². The molecular formula is C25H19ClN4O2. The van der Waals surface area contributed by atoms with Crippen LogP contribution < -0.4 is 10.9 Å². The number of fused-ring (bicyclic) bond motifs is 3. The number of amides is 1. The molecule has 7 heteroatoms. The smallest absolute Gasteiger partial charge is 0.276 e. The van der Waals surface area contributed by atoms with Gasteiger partial charge in [0.25, 0.3) is 11.5 Å². The van der Waals surface area contributed by atoms with Gasteiger partial charge in [-0.3, -0.25) is 14.2 Å². The van der Waals surface area contributed by atoms with Gasteiger partial charge in [-0.25, -0.2) is 4.98 Å². The number of pyridine rings is 1. The van der Waals surface area contributed by atoms with E-state index in [4.69, 9.17) is 11.6 Å². The topological polar surface area (TPSA) is 68.4 Å². The second kappa shape index (κ2) is 8.32. The van der Waals surface area contributed by atoms with Crippen LogP contribution in [0, 0.1) is 0 Å². The first-order valence-electron chi connectivity index (χ1n) is 10.2. The van der Waals surface area contributed by atoms with Crippen molar-refractivity contribution < 1.29 is 4.79 Å². The van der Waals surface area contributed by atoms with E-state index in [0.29, 0.717) is 34.8 Å². The van der Waals surface area contributed by atoms with E-state index < -0.39 is 0 Å². The summed E-state index contributed by atoms with van der Waals surface area (Å²) in [6.45, 7) is 0.781. The molecule has 1 amide bonds. The van der Waals surface area contributed by atoms with Crippen LogP contribution in [0.2, 0.25) is 5.02 Å². The number of hydrogen-bond donors (Lipinski definition) is 1. The molecule has 0 fully saturated rings. The minimum Gasteiger partial charge on any atom is -0.348 e. The number of aromatic nitrogens is 3. The molecule has 5 rings (SSSR count). The summed E-state index contributed by atoms with van der Waals surface area (Å²) in [4.78, 5) is 30.0. The third kappa shape index (κ3) is 3.76. The monoisotopic (exact) mass is 442 g/mol. The van der Waals surface area contributed by atoms with Crippen molar-refractivity contribution in [2.45, 2.75) is 13.1 Å². The van der Waals surface area contributed by atoms with Crippen molar-refractivity contribution in [3.63, 3.8) is 0 Å². The van der Waals surface area contributed by atoms with Gasteiger partial charge in [0.2, 0.25) is 0 Å². The molecule has 2 aromatic carbocycles. The predicted octanol–water partition coefficient (Wildman–Crippen LogP) is 4.28. The van der Waals surface area contributed by atoms with E-state index in [1.807, 2.05) is 53.1 Å². The van der Waals surface area contributed by atoms with Gasteiger partial charge in [-0.05, 0) is 59.7 Å². The van der Waals surface area contributed by atoms with Crippen LogP contribution in [-0.2, 0) is 13.1 Å². The summed E-state index contributed by atoms with van der Waals surface area (Å²) in [5.41, 5.74) is 4.41. The van der Waals surface area contributed by atoms with Gasteiger partial charge in [0.1, 0.15) is 5.52 Å². The highest BCUT2D eigenvalue weighted by atomic mass is 35.5. The molecule has 0 unspecified atom stereocenters. The van der Waals surface area contributed by atoms with Crippen molar-refractivity contribution in [3.05, 3.63) is 117 Å². The second-order valence-corrected chi connectivity index (χ2v) is 7.94. The van der Waals surface area contributed by atoms with E-state index in [1.165, 1.54) is 0 Å². The number of halogens is 1. The standard InChI is InChI=1S/C25H19ClN4O2/c26-20-11-7-17(8-12-20)15-28-24(31)19-9-5-18(6-10-19)16-30-23-21(3-1-13-27-23)29-14-2-4-22(29)25(30)32/h1-14H,15-16H2,(H,28,31). The minimum absolute atomic E-state index is 0.106. The van der Waals surface area contributed by atoms with Gasteiger partial charge in [-0.1, -0.05) is 35.9 Å². The number of benzene rings is 2. The summed E-state index contributed by atoms with van der Waals surface area (Å²) < 4.78 is 3.52. The minimum atomic E-state index is -0.162. The molecule has 0 aliphatic carbocycles. The van der Waals surface area contributed by atoms with E-state index >= 15 is 0 Å². The number of rotatable bonds is 5. The van der Waals surface area contributed by atoms with Crippen LogP contribution in [0.1, 0.15) is 21.5 Å². The third-order valence-corrected chi connectivity index (χ3v) is 5.67. The van der Waals surface area contributed by atoms with Crippen LogP contribution in [0.4, 0.5) is 0 Å². The van der Waals surface area contributed by atoms with Crippen molar-refractivity contribution in [1.29, 1.82) is 0 Å². The van der Waals surface area contributed by atoms with Gasteiger partial charge in [0, 0.05) is 29.5 Å². The zero-order valence-corrected chi connectivity index (χ0v) is 17.8. The highest BCUT2D eigenvalue weighted by Gasteiger charge is 2.12. The van der Waals surface area contributed by atoms with Gasteiger partial charge < -0.3 is 9.72 Å². The Morgan fingerprint density at radius 2 is 1.62 bits per heavy atom. The second-order valence-electron chi connectivity index (χ2n) is 7.51. The molecule has 0 spiro atoms. The van der Waals surface area contributed by atoms with Crippen molar-refractivity contribution in [3.8, 4) is 0 Å². The molecule has 0 radical (unpaired) electrons. The van der Waals surface area contributed by atoms with E-state index in [2.05, 4.69) is 10.3 Å². The molecule has 0 aliphatic rings. The maximum Gasteiger partial charge on any atom is 0.276 e. The quantitative estimate of drug-likeness (QED) is 0.441. The molecule has 3 aromatic heterocycles. The Kier molecular flexibility index (Phi) is 5.21. The van der Waals surface area contributed by atoms with Crippen LogP contribution in [0.25, 0.3) is 16.7 Å². The Balaban J connectivity index is 1.37. The summed E-state index contributed by atoms with van der Waals surface area (Å²) in [5.74, 6) is -0.162. The van der Waals surface area contributed by atoms with Crippen LogP contribution in [0.3, 0.4) is 0 Å².